The van der Waals surface area contributed by atoms with E-state index in [1.807, 2.05) is 66.7 Å². The molecule has 1 aliphatic heterocycles. The number of thioether (sulfide) groups is 1. The Balaban J connectivity index is 1.20. The molecule has 10 heteroatoms. The molecule has 3 aromatic carbocycles. The predicted octanol–water partition coefficient (Wildman–Crippen LogP) is 7.49. The van der Waals surface area contributed by atoms with E-state index in [4.69, 9.17) is 19.6 Å². The van der Waals surface area contributed by atoms with Crippen LogP contribution in [0, 0.1) is 0 Å². The van der Waals surface area contributed by atoms with Gasteiger partial charge in [0.1, 0.15) is 0 Å². The van der Waals surface area contributed by atoms with Crippen LogP contribution in [0.5, 0.6) is 0 Å². The lowest BCUT2D eigenvalue weighted by atomic mass is 10.0. The minimum Gasteiger partial charge on any atom is -0.481 e. The molecular weight excluding hydrogens is 585 g/mol. The molecule has 0 radical (unpaired) electrons. The lowest BCUT2D eigenvalue weighted by molar-refractivity contribution is -0.245. The first-order valence-corrected chi connectivity index (χ1v) is 16.4. The van der Waals surface area contributed by atoms with Crippen LogP contribution in [0.4, 0.5) is 5.69 Å². The molecule has 1 saturated heterocycles. The number of para-hydroxylation sites is 1. The zero-order chi connectivity index (χ0) is 30.0. The van der Waals surface area contributed by atoms with Crippen molar-refractivity contribution in [3.05, 3.63) is 89.5 Å². The maximum atomic E-state index is 12.4. The number of fused-ring (bicyclic) bond motifs is 1. The highest BCUT2D eigenvalue weighted by Gasteiger charge is 2.32. The van der Waals surface area contributed by atoms with Crippen LogP contribution in [0.3, 0.4) is 0 Å². The average Bonchev–Trinajstić information content (AvgIpc) is 3.45. The Bertz CT molecular complexity index is 1460. The van der Waals surface area contributed by atoms with Crippen molar-refractivity contribution in [3.8, 4) is 0 Å². The van der Waals surface area contributed by atoms with Gasteiger partial charge in [0, 0.05) is 36.3 Å². The number of aliphatic hydroxyl groups is 1. The molecule has 3 N–H and O–H groups in total. The number of aliphatic carboxylic acids is 1. The molecule has 1 aromatic heterocycles. The topological polar surface area (TPSA) is 118 Å². The first-order valence-electron chi connectivity index (χ1n) is 14.6. The van der Waals surface area contributed by atoms with Crippen molar-refractivity contribution in [1.82, 2.24) is 4.98 Å². The van der Waals surface area contributed by atoms with Crippen molar-refractivity contribution in [3.63, 3.8) is 0 Å². The van der Waals surface area contributed by atoms with Gasteiger partial charge >= 0.3 is 5.97 Å². The number of carbonyl (C=O) groups is 2. The number of carbonyl (C=O) groups excluding carboxylic acids is 1. The molecular formula is C33H36N2O6S2. The molecule has 2 heterocycles. The molecule has 3 atom stereocenters. The standard InChI is InChI=1S/C33H36N2O6S2/c36-20-22-11-13-23(14-12-22)28-19-26(21-42-33-35-27-7-5-6-8-29(27)43-33)40-32(41-28)24-15-17-25(18-16-24)34-30(37)9-3-1-2-4-10-31(38)39/h5-8,11-18,26,28,32,36H,1-4,9-10,19-21H2,(H,34,37)(H,38,39). The smallest absolute Gasteiger partial charge is 0.303 e. The first-order chi connectivity index (χ1) is 21.0. The summed E-state index contributed by atoms with van der Waals surface area (Å²) in [7, 11) is 0. The number of nitrogens with zero attached hydrogens (tertiary/aromatic N) is 1. The molecule has 4 aromatic rings. The van der Waals surface area contributed by atoms with Crippen LogP contribution in [0.15, 0.2) is 77.1 Å². The van der Waals surface area contributed by atoms with Gasteiger partial charge in [-0.25, -0.2) is 4.98 Å². The van der Waals surface area contributed by atoms with Crippen LogP contribution >= 0.6 is 23.1 Å². The first kappa shape index (κ1) is 31.2. The maximum Gasteiger partial charge on any atom is 0.303 e. The average molecular weight is 621 g/mol. The fourth-order valence-corrected chi connectivity index (χ4v) is 7.07. The summed E-state index contributed by atoms with van der Waals surface area (Å²) in [4.78, 5) is 27.8. The predicted molar refractivity (Wildman–Crippen MR) is 169 cm³/mol. The van der Waals surface area contributed by atoms with Crippen molar-refractivity contribution >= 4 is 50.9 Å². The number of amides is 1. The van der Waals surface area contributed by atoms with Gasteiger partial charge in [-0.15, -0.1) is 11.3 Å². The van der Waals surface area contributed by atoms with Crippen LogP contribution in [0.2, 0.25) is 0 Å². The van der Waals surface area contributed by atoms with Crippen molar-refractivity contribution in [2.45, 2.75) is 74.4 Å². The van der Waals surface area contributed by atoms with Gasteiger partial charge in [-0.1, -0.05) is 73.1 Å². The maximum absolute atomic E-state index is 12.4. The normalized spacial score (nSPS) is 18.5. The van der Waals surface area contributed by atoms with Gasteiger partial charge in [0.15, 0.2) is 10.6 Å². The van der Waals surface area contributed by atoms with E-state index in [2.05, 4.69) is 11.4 Å². The number of benzene rings is 3. The number of hydrogen-bond acceptors (Lipinski definition) is 8. The summed E-state index contributed by atoms with van der Waals surface area (Å²) in [5.74, 6) is -0.110. The van der Waals surface area contributed by atoms with Gasteiger partial charge in [0.2, 0.25) is 5.91 Å². The molecule has 0 bridgehead atoms. The summed E-state index contributed by atoms with van der Waals surface area (Å²) < 4.78 is 15.1. The van der Waals surface area contributed by atoms with Gasteiger partial charge in [0.05, 0.1) is 29.0 Å². The highest BCUT2D eigenvalue weighted by Crippen LogP contribution is 2.40. The summed E-state index contributed by atoms with van der Waals surface area (Å²) >= 11 is 3.38. The largest absolute Gasteiger partial charge is 0.481 e. The number of carboxylic acid groups (broad SMARTS) is 1. The monoisotopic (exact) mass is 620 g/mol. The molecule has 0 spiro atoms. The summed E-state index contributed by atoms with van der Waals surface area (Å²) in [6.07, 6.45) is 3.44. The minimum absolute atomic E-state index is 0.00531. The van der Waals surface area contributed by atoms with Gasteiger partial charge in [0.25, 0.3) is 0 Å². The third kappa shape index (κ3) is 9.11. The summed E-state index contributed by atoms with van der Waals surface area (Å²) in [6, 6.07) is 23.5. The Labute approximate surface area is 259 Å². The fraction of sp³-hybridized carbons (Fsp3) is 0.364. The second-order valence-corrected chi connectivity index (χ2v) is 12.9. The van der Waals surface area contributed by atoms with E-state index in [-0.39, 0.29) is 31.1 Å². The number of carboxylic acids is 1. The van der Waals surface area contributed by atoms with Gasteiger partial charge < -0.3 is 25.0 Å². The minimum atomic E-state index is -0.781. The summed E-state index contributed by atoms with van der Waals surface area (Å²) in [5, 5.41) is 21.1. The van der Waals surface area contributed by atoms with E-state index in [0.29, 0.717) is 24.9 Å². The Kier molecular flexibility index (Phi) is 11.2. The molecule has 8 nitrogen and oxygen atoms in total. The van der Waals surface area contributed by atoms with Gasteiger partial charge in [-0.2, -0.15) is 0 Å². The number of nitrogens with one attached hydrogen (secondary N) is 1. The lowest BCUT2D eigenvalue weighted by Gasteiger charge is -2.36. The van der Waals surface area contributed by atoms with Crippen LogP contribution in [-0.4, -0.2) is 38.9 Å². The second-order valence-electron chi connectivity index (χ2n) is 10.6. The molecule has 3 unspecified atom stereocenters. The van der Waals surface area contributed by atoms with E-state index in [1.54, 1.807) is 23.1 Å². The van der Waals surface area contributed by atoms with Gasteiger partial charge in [-0.05, 0) is 48.2 Å². The molecule has 0 saturated carbocycles. The highest BCUT2D eigenvalue weighted by molar-refractivity contribution is 8.01. The molecule has 43 heavy (non-hydrogen) atoms. The summed E-state index contributed by atoms with van der Waals surface area (Å²) in [6.45, 7) is -0.00531. The number of hydrogen-bond donors (Lipinski definition) is 3. The molecule has 1 fully saturated rings. The molecule has 1 aliphatic rings. The van der Waals surface area contributed by atoms with Crippen molar-refractivity contribution in [2.75, 3.05) is 11.1 Å². The van der Waals surface area contributed by atoms with Crippen molar-refractivity contribution < 1.29 is 29.3 Å². The van der Waals surface area contributed by atoms with E-state index in [9.17, 15) is 14.7 Å². The van der Waals surface area contributed by atoms with E-state index in [1.165, 1.54) is 4.70 Å². The number of aromatic nitrogens is 1. The molecule has 5 rings (SSSR count). The quantitative estimate of drug-likeness (QED) is 0.0981. The number of ether oxygens (including phenoxy) is 2. The van der Waals surface area contributed by atoms with E-state index >= 15 is 0 Å². The van der Waals surface area contributed by atoms with Crippen LogP contribution in [0.25, 0.3) is 10.2 Å². The molecule has 0 aliphatic carbocycles. The Morgan fingerprint density at radius 1 is 0.907 bits per heavy atom. The number of thiazole rings is 1. The molecule has 1 amide bonds. The SMILES string of the molecule is O=C(O)CCCCCCC(=O)Nc1ccc(C2OC(CSc3nc4ccccc4s3)CC(c3ccc(CO)cc3)O2)cc1. The number of rotatable bonds is 14. The second kappa shape index (κ2) is 15.4. The van der Waals surface area contributed by atoms with Crippen LogP contribution in [0.1, 0.15) is 74.0 Å². The Hall–Kier alpha value is -3.28. The number of aliphatic hydroxyl groups excluding tert-OH is 1. The van der Waals surface area contributed by atoms with Crippen molar-refractivity contribution in [1.29, 1.82) is 0 Å². The lowest BCUT2D eigenvalue weighted by Crippen LogP contribution is -2.31. The third-order valence-corrected chi connectivity index (χ3v) is 9.60. The highest BCUT2D eigenvalue weighted by atomic mass is 32.2. The zero-order valence-electron chi connectivity index (χ0n) is 23.8. The zero-order valence-corrected chi connectivity index (χ0v) is 25.4. The number of unbranched alkanes of at least 4 members (excludes halogenated alkanes) is 3. The van der Waals surface area contributed by atoms with E-state index < -0.39 is 12.3 Å². The number of anilines is 1. The Morgan fingerprint density at radius 3 is 2.35 bits per heavy atom. The third-order valence-electron chi connectivity index (χ3n) is 7.29. The molecule has 226 valence electrons. The van der Waals surface area contributed by atoms with Crippen molar-refractivity contribution in [2.24, 2.45) is 0 Å². The van der Waals surface area contributed by atoms with Crippen LogP contribution in [-0.2, 0) is 25.7 Å². The van der Waals surface area contributed by atoms with Crippen LogP contribution < -0.4 is 5.32 Å². The fourth-order valence-electron chi connectivity index (χ4n) is 4.96. The van der Waals surface area contributed by atoms with Gasteiger partial charge in [-0.3, -0.25) is 9.59 Å². The Morgan fingerprint density at radius 2 is 1.63 bits per heavy atom. The summed E-state index contributed by atoms with van der Waals surface area (Å²) in [5.41, 5.74) is 4.46. The van der Waals surface area contributed by atoms with E-state index in [0.717, 1.165) is 51.6 Å².